The molecule has 0 spiro atoms. The van der Waals surface area contributed by atoms with Gasteiger partial charge in [-0.3, -0.25) is 4.79 Å². The van der Waals surface area contributed by atoms with Crippen LogP contribution in [0.25, 0.3) is 0 Å². The minimum atomic E-state index is -4.43. The lowest BCUT2D eigenvalue weighted by atomic mass is 10.1. The van der Waals surface area contributed by atoms with Gasteiger partial charge in [0, 0.05) is 19.6 Å². The van der Waals surface area contributed by atoms with Gasteiger partial charge in [-0.2, -0.15) is 17.5 Å². The van der Waals surface area contributed by atoms with Gasteiger partial charge in [0.15, 0.2) is 0 Å². The van der Waals surface area contributed by atoms with Crippen LogP contribution < -0.4 is 5.32 Å². The number of halogens is 4. The molecule has 164 valence electrons. The minimum absolute atomic E-state index is 0.0384. The predicted octanol–water partition coefficient (Wildman–Crippen LogP) is 3.85. The van der Waals surface area contributed by atoms with Crippen molar-refractivity contribution < 1.29 is 30.8 Å². The molecule has 5 nitrogen and oxygen atoms in total. The number of hydrogen-bond acceptors (Lipinski definition) is 3. The van der Waals surface area contributed by atoms with Crippen molar-refractivity contribution in [3.05, 3.63) is 65.0 Å². The SMILES string of the molecule is CCN(CC)S(=O)(=O)c1ccc(F)c(C(=O)NCCc2ccc(C(F)(F)F)cc2)c1. The van der Waals surface area contributed by atoms with Crippen LogP contribution in [-0.2, 0) is 22.6 Å². The number of hydrogen-bond donors (Lipinski definition) is 1. The monoisotopic (exact) mass is 446 g/mol. The summed E-state index contributed by atoms with van der Waals surface area (Å²) in [7, 11) is -3.86. The van der Waals surface area contributed by atoms with E-state index in [4.69, 9.17) is 0 Å². The number of benzene rings is 2. The van der Waals surface area contributed by atoms with E-state index in [-0.39, 0.29) is 31.0 Å². The zero-order chi connectivity index (χ0) is 22.5. The number of carbonyl (C=O) groups is 1. The molecule has 0 fully saturated rings. The molecule has 1 N–H and O–H groups in total. The van der Waals surface area contributed by atoms with Crippen LogP contribution in [0.1, 0.15) is 35.3 Å². The van der Waals surface area contributed by atoms with Crippen LogP contribution in [0.5, 0.6) is 0 Å². The maximum atomic E-state index is 14.1. The van der Waals surface area contributed by atoms with Crippen molar-refractivity contribution in [1.29, 1.82) is 0 Å². The van der Waals surface area contributed by atoms with Gasteiger partial charge in [0.05, 0.1) is 16.0 Å². The molecule has 2 aromatic carbocycles. The zero-order valence-corrected chi connectivity index (χ0v) is 17.3. The lowest BCUT2D eigenvalue weighted by molar-refractivity contribution is -0.137. The van der Waals surface area contributed by atoms with Crippen molar-refractivity contribution in [2.75, 3.05) is 19.6 Å². The summed E-state index contributed by atoms with van der Waals surface area (Å²) in [4.78, 5) is 12.1. The number of rotatable bonds is 8. The first kappa shape index (κ1) is 23.8. The molecular weight excluding hydrogens is 424 g/mol. The molecule has 1 amide bonds. The summed E-state index contributed by atoms with van der Waals surface area (Å²) in [5.41, 5.74) is -0.638. The second-order valence-electron chi connectivity index (χ2n) is 6.43. The van der Waals surface area contributed by atoms with Gasteiger partial charge in [-0.1, -0.05) is 26.0 Å². The Labute approximate surface area is 172 Å². The third kappa shape index (κ3) is 5.57. The molecule has 0 radical (unpaired) electrons. The molecule has 0 aliphatic heterocycles. The predicted molar refractivity (Wildman–Crippen MR) is 104 cm³/mol. The van der Waals surface area contributed by atoms with Gasteiger partial charge in [0.1, 0.15) is 5.82 Å². The minimum Gasteiger partial charge on any atom is -0.352 e. The number of carbonyl (C=O) groups excluding carboxylic acids is 1. The summed E-state index contributed by atoms with van der Waals surface area (Å²) in [6.07, 6.45) is -4.20. The van der Waals surface area contributed by atoms with Crippen LogP contribution in [0.2, 0.25) is 0 Å². The maximum absolute atomic E-state index is 14.1. The molecule has 0 saturated carbocycles. The van der Waals surface area contributed by atoms with Crippen molar-refractivity contribution in [2.24, 2.45) is 0 Å². The van der Waals surface area contributed by atoms with Gasteiger partial charge in [0.25, 0.3) is 5.91 Å². The van der Waals surface area contributed by atoms with E-state index >= 15 is 0 Å². The highest BCUT2D eigenvalue weighted by Gasteiger charge is 2.30. The van der Waals surface area contributed by atoms with Gasteiger partial charge in [-0.25, -0.2) is 12.8 Å². The van der Waals surface area contributed by atoms with Crippen molar-refractivity contribution in [3.63, 3.8) is 0 Å². The standard InChI is InChI=1S/C20H22F4N2O3S/c1-3-26(4-2)30(28,29)16-9-10-18(21)17(13-16)19(27)25-12-11-14-5-7-15(8-6-14)20(22,23)24/h5-10,13H,3-4,11-12H2,1-2H3,(H,25,27). The number of amides is 1. The molecule has 0 bridgehead atoms. The average Bonchev–Trinajstić information content (AvgIpc) is 2.68. The average molecular weight is 446 g/mol. The van der Waals surface area contributed by atoms with Crippen LogP contribution in [0.4, 0.5) is 17.6 Å². The normalized spacial score (nSPS) is 12.2. The molecule has 10 heteroatoms. The fourth-order valence-corrected chi connectivity index (χ4v) is 4.31. The Balaban J connectivity index is 2.08. The third-order valence-corrected chi connectivity index (χ3v) is 6.55. The van der Waals surface area contributed by atoms with E-state index in [1.165, 1.54) is 16.4 Å². The van der Waals surface area contributed by atoms with E-state index in [2.05, 4.69) is 5.32 Å². The molecule has 0 aliphatic carbocycles. The first-order valence-corrected chi connectivity index (χ1v) is 10.7. The maximum Gasteiger partial charge on any atom is 0.416 e. The lowest BCUT2D eigenvalue weighted by Gasteiger charge is -2.19. The summed E-state index contributed by atoms with van der Waals surface area (Å²) in [5.74, 6) is -1.68. The molecule has 0 unspecified atom stereocenters. The summed E-state index contributed by atoms with van der Waals surface area (Å²) in [6.45, 7) is 3.82. The smallest absolute Gasteiger partial charge is 0.352 e. The van der Waals surface area contributed by atoms with Crippen LogP contribution in [0, 0.1) is 5.82 Å². The molecule has 0 atom stereocenters. The molecule has 2 rings (SSSR count). The largest absolute Gasteiger partial charge is 0.416 e. The molecule has 0 aromatic heterocycles. The Morgan fingerprint density at radius 3 is 2.17 bits per heavy atom. The van der Waals surface area contributed by atoms with Crippen molar-refractivity contribution in [3.8, 4) is 0 Å². The Hall–Kier alpha value is -2.46. The fraction of sp³-hybridized carbons (Fsp3) is 0.350. The summed E-state index contributed by atoms with van der Waals surface area (Å²) in [5, 5.41) is 2.46. The van der Waals surface area contributed by atoms with Crippen molar-refractivity contribution in [1.82, 2.24) is 9.62 Å². The van der Waals surface area contributed by atoms with Crippen LogP contribution in [-0.4, -0.2) is 38.3 Å². The van der Waals surface area contributed by atoms with Crippen LogP contribution in [0.3, 0.4) is 0 Å². The third-order valence-electron chi connectivity index (χ3n) is 4.51. The van der Waals surface area contributed by atoms with E-state index in [1.54, 1.807) is 13.8 Å². The number of sulfonamides is 1. The number of alkyl halides is 3. The fourth-order valence-electron chi connectivity index (χ4n) is 2.83. The van der Waals surface area contributed by atoms with Crippen molar-refractivity contribution >= 4 is 15.9 Å². The Morgan fingerprint density at radius 2 is 1.63 bits per heavy atom. The number of nitrogens with one attached hydrogen (secondary N) is 1. The molecular formula is C20H22F4N2O3S. The summed E-state index contributed by atoms with van der Waals surface area (Å²) < 4.78 is 78.2. The van der Waals surface area contributed by atoms with Gasteiger partial charge >= 0.3 is 6.18 Å². The topological polar surface area (TPSA) is 66.5 Å². The number of nitrogens with zero attached hydrogens (tertiary/aromatic N) is 1. The van der Waals surface area contributed by atoms with E-state index in [0.717, 1.165) is 30.3 Å². The molecule has 30 heavy (non-hydrogen) atoms. The van der Waals surface area contributed by atoms with Crippen LogP contribution in [0.15, 0.2) is 47.4 Å². The second kappa shape index (κ2) is 9.57. The summed E-state index contributed by atoms with van der Waals surface area (Å²) in [6, 6.07) is 7.48. The molecule has 0 heterocycles. The molecule has 0 aliphatic rings. The first-order valence-electron chi connectivity index (χ1n) is 9.24. The Kier molecular flexibility index (Phi) is 7.59. The van der Waals surface area contributed by atoms with Crippen molar-refractivity contribution in [2.45, 2.75) is 31.3 Å². The highest BCUT2D eigenvalue weighted by atomic mass is 32.2. The highest BCUT2D eigenvalue weighted by molar-refractivity contribution is 7.89. The zero-order valence-electron chi connectivity index (χ0n) is 16.5. The molecule has 0 saturated heterocycles. The van der Waals surface area contributed by atoms with E-state index in [9.17, 15) is 30.8 Å². The Morgan fingerprint density at radius 1 is 1.03 bits per heavy atom. The van der Waals surface area contributed by atoms with Crippen LogP contribution >= 0.6 is 0 Å². The molecule has 2 aromatic rings. The van der Waals surface area contributed by atoms with E-state index in [1.807, 2.05) is 0 Å². The van der Waals surface area contributed by atoms with Gasteiger partial charge in [0.2, 0.25) is 10.0 Å². The second-order valence-corrected chi connectivity index (χ2v) is 8.37. The lowest BCUT2D eigenvalue weighted by Crippen LogP contribution is -2.31. The van der Waals surface area contributed by atoms with E-state index in [0.29, 0.717) is 5.56 Å². The quantitative estimate of drug-likeness (QED) is 0.627. The van der Waals surface area contributed by atoms with Gasteiger partial charge < -0.3 is 5.32 Å². The van der Waals surface area contributed by atoms with E-state index < -0.39 is 39.1 Å². The van der Waals surface area contributed by atoms with Gasteiger partial charge in [-0.05, 0) is 42.3 Å². The first-order chi connectivity index (χ1) is 14.0. The van der Waals surface area contributed by atoms with Gasteiger partial charge in [-0.15, -0.1) is 0 Å². The summed E-state index contributed by atoms with van der Waals surface area (Å²) >= 11 is 0. The highest BCUT2D eigenvalue weighted by Crippen LogP contribution is 2.29. The Bertz CT molecular complexity index is 986.